The second-order valence-corrected chi connectivity index (χ2v) is 5.92. The highest BCUT2D eigenvalue weighted by atomic mass is 35.5. The Balaban J connectivity index is 0.00000200. The molecule has 0 saturated carbocycles. The molecule has 5 nitrogen and oxygen atoms in total. The van der Waals surface area contributed by atoms with Crippen molar-refractivity contribution >= 4 is 28.8 Å². The van der Waals surface area contributed by atoms with Crippen molar-refractivity contribution in [3.63, 3.8) is 0 Å². The molecule has 0 aromatic carbocycles. The number of aliphatic hydroxyl groups is 1. The molecule has 20 heavy (non-hydrogen) atoms. The molecule has 0 aliphatic heterocycles. The molecule has 2 aromatic heterocycles. The molecule has 0 spiro atoms. The molecule has 8 heteroatoms. The van der Waals surface area contributed by atoms with Gasteiger partial charge < -0.3 is 23.2 Å². The molecule has 2 aromatic rings. The number of rotatable bonds is 4. The molecule has 0 bridgehead atoms. The van der Waals surface area contributed by atoms with Gasteiger partial charge in [0.15, 0.2) is 12.2 Å². The van der Waals surface area contributed by atoms with Crippen molar-refractivity contribution in [1.29, 1.82) is 0 Å². The van der Waals surface area contributed by atoms with Gasteiger partial charge in [-0.1, -0.05) is 11.3 Å². The Morgan fingerprint density at radius 2 is 2.15 bits per heavy atom. The van der Waals surface area contributed by atoms with Crippen molar-refractivity contribution in [2.45, 2.75) is 26.8 Å². The number of anilines is 1. The first-order valence-corrected chi connectivity index (χ1v) is 7.08. The summed E-state index contributed by atoms with van der Waals surface area (Å²) in [4.78, 5) is 9.38. The van der Waals surface area contributed by atoms with Gasteiger partial charge in [0.25, 0.3) is 0 Å². The van der Waals surface area contributed by atoms with Gasteiger partial charge >= 0.3 is 4.47 Å². The van der Waals surface area contributed by atoms with E-state index in [4.69, 9.17) is 22.4 Å². The lowest BCUT2D eigenvalue weighted by Crippen LogP contribution is -3.00. The molecule has 110 valence electrons. The van der Waals surface area contributed by atoms with Gasteiger partial charge in [-0.3, -0.25) is 0 Å². The van der Waals surface area contributed by atoms with Crippen LogP contribution in [0, 0.1) is 13.8 Å². The third kappa shape index (κ3) is 3.58. The lowest BCUT2D eigenvalue weighted by atomic mass is 10.2. The molecule has 0 aliphatic carbocycles. The lowest BCUT2D eigenvalue weighted by Gasteiger charge is -2.02. The summed E-state index contributed by atoms with van der Waals surface area (Å²) in [5, 5.41) is 9.02. The molecule has 0 atom stereocenters. The summed E-state index contributed by atoms with van der Waals surface area (Å²) >= 11 is 7.72. The highest BCUT2D eigenvalue weighted by Gasteiger charge is 2.22. The maximum Gasteiger partial charge on any atom is 0.333 e. The molecular formula is C12H16Cl2N4OS. The number of hydrogen-bond donors (Lipinski definition) is 2. The molecule has 3 N–H and O–H groups in total. The fourth-order valence-electron chi connectivity index (χ4n) is 1.83. The number of thiazole rings is 1. The van der Waals surface area contributed by atoms with Gasteiger partial charge in [-0.2, -0.15) is 4.57 Å². The second kappa shape index (κ2) is 7.17. The zero-order chi connectivity index (χ0) is 14.0. The number of nitrogen functional groups attached to an aromatic ring is 1. The Morgan fingerprint density at radius 3 is 2.75 bits per heavy atom. The normalized spacial score (nSPS) is 10.4. The van der Waals surface area contributed by atoms with Gasteiger partial charge in [0.05, 0.1) is 10.4 Å². The van der Waals surface area contributed by atoms with Crippen LogP contribution in [0.15, 0.2) is 6.20 Å². The lowest BCUT2D eigenvalue weighted by molar-refractivity contribution is -0.687. The highest BCUT2D eigenvalue weighted by molar-refractivity contribution is 7.15. The zero-order valence-corrected chi connectivity index (χ0v) is 13.6. The molecular weight excluding hydrogens is 319 g/mol. The van der Waals surface area contributed by atoms with Crippen molar-refractivity contribution < 1.29 is 22.1 Å². The molecule has 2 rings (SSSR count). The number of nitrogens with two attached hydrogens (primary N) is 1. The Labute approximate surface area is 132 Å². The van der Waals surface area contributed by atoms with Gasteiger partial charge in [0, 0.05) is 37.7 Å². The van der Waals surface area contributed by atoms with Crippen LogP contribution >= 0.6 is 22.9 Å². The van der Waals surface area contributed by atoms with Crippen molar-refractivity contribution in [3.8, 4) is 0 Å². The van der Waals surface area contributed by atoms with Crippen LogP contribution in [0.2, 0.25) is 4.47 Å². The average molecular weight is 335 g/mol. The second-order valence-electron chi connectivity index (χ2n) is 4.25. The van der Waals surface area contributed by atoms with E-state index in [0.717, 1.165) is 16.1 Å². The summed E-state index contributed by atoms with van der Waals surface area (Å²) in [6.45, 7) is 4.44. The summed E-state index contributed by atoms with van der Waals surface area (Å²) in [5.74, 6) is 1.13. The average Bonchev–Trinajstić information content (AvgIpc) is 2.60. The van der Waals surface area contributed by atoms with Crippen LogP contribution in [0.1, 0.15) is 22.0 Å². The summed E-state index contributed by atoms with van der Waals surface area (Å²) in [7, 11) is 0. The Hall–Kier alpha value is -0.950. The third-order valence-corrected chi connectivity index (χ3v) is 4.48. The number of hydrogen-bond acceptors (Lipinski definition) is 5. The molecule has 0 saturated heterocycles. The zero-order valence-electron chi connectivity index (χ0n) is 11.2. The number of nitrogens with zero attached hydrogens (tertiary/aromatic N) is 3. The molecule has 0 radical (unpaired) electrons. The molecule has 0 aliphatic rings. The summed E-state index contributed by atoms with van der Waals surface area (Å²) < 4.78 is 2.63. The standard InChI is InChI=1S/C12H16ClN4OS.ClH/c1-7-10(3-4-18)19-12(13)17(7)6-9-5-15-8(2)16-11(9)14;/h5,18H,3-4,6H2,1-2H3,(H2,14,15,16);1H/q+1;/p-1. The van der Waals surface area contributed by atoms with Gasteiger partial charge in [0.2, 0.25) is 0 Å². The van der Waals surface area contributed by atoms with Crippen LogP contribution in [0.4, 0.5) is 5.82 Å². The highest BCUT2D eigenvalue weighted by Crippen LogP contribution is 2.22. The minimum Gasteiger partial charge on any atom is -1.00 e. The maximum absolute atomic E-state index is 9.02. The Morgan fingerprint density at radius 1 is 1.45 bits per heavy atom. The van der Waals surface area contributed by atoms with Gasteiger partial charge in [-0.15, -0.1) is 0 Å². The first-order chi connectivity index (χ1) is 9.02. The number of halogens is 2. The smallest absolute Gasteiger partial charge is 0.333 e. The third-order valence-electron chi connectivity index (χ3n) is 2.91. The van der Waals surface area contributed by atoms with E-state index in [1.165, 1.54) is 11.3 Å². The van der Waals surface area contributed by atoms with Crippen LogP contribution in [0.3, 0.4) is 0 Å². The summed E-state index contributed by atoms with van der Waals surface area (Å²) in [6, 6.07) is 0. The minimum atomic E-state index is 0. The van der Waals surface area contributed by atoms with E-state index < -0.39 is 0 Å². The van der Waals surface area contributed by atoms with Crippen molar-refractivity contribution in [1.82, 2.24) is 9.97 Å². The maximum atomic E-state index is 9.02. The fourth-order valence-corrected chi connectivity index (χ4v) is 3.26. The van der Waals surface area contributed by atoms with E-state index in [-0.39, 0.29) is 19.0 Å². The van der Waals surface area contributed by atoms with Crippen LogP contribution in [-0.4, -0.2) is 21.7 Å². The number of aliphatic hydroxyl groups excluding tert-OH is 1. The molecule has 2 heterocycles. The number of aryl methyl sites for hydroxylation is 1. The van der Waals surface area contributed by atoms with Crippen LogP contribution in [0.25, 0.3) is 0 Å². The van der Waals surface area contributed by atoms with E-state index in [2.05, 4.69) is 9.97 Å². The molecule has 0 fully saturated rings. The van der Waals surface area contributed by atoms with Crippen molar-refractivity contribution in [2.75, 3.05) is 12.3 Å². The predicted octanol–water partition coefficient (Wildman–Crippen LogP) is -1.73. The van der Waals surface area contributed by atoms with Crippen LogP contribution in [-0.2, 0) is 13.0 Å². The Bertz CT molecular complexity index is 603. The van der Waals surface area contributed by atoms with E-state index in [0.29, 0.717) is 29.1 Å². The van der Waals surface area contributed by atoms with E-state index in [1.54, 1.807) is 13.1 Å². The SMILES string of the molecule is Cc1ncc(C[n+]2c(Cl)sc(CCO)c2C)c(N)n1.[Cl-]. The van der Waals surface area contributed by atoms with E-state index in [1.807, 2.05) is 11.5 Å². The monoisotopic (exact) mass is 334 g/mol. The van der Waals surface area contributed by atoms with Gasteiger partial charge in [0.1, 0.15) is 11.6 Å². The largest absolute Gasteiger partial charge is 1.00 e. The van der Waals surface area contributed by atoms with Gasteiger partial charge in [-0.25, -0.2) is 9.97 Å². The quantitative estimate of drug-likeness (QED) is 0.651. The topological polar surface area (TPSA) is 75.9 Å². The van der Waals surface area contributed by atoms with E-state index >= 15 is 0 Å². The predicted molar refractivity (Wildman–Crippen MR) is 75.3 cm³/mol. The van der Waals surface area contributed by atoms with Crippen molar-refractivity contribution in [2.24, 2.45) is 0 Å². The molecule has 0 amide bonds. The van der Waals surface area contributed by atoms with E-state index in [9.17, 15) is 0 Å². The van der Waals surface area contributed by atoms with Crippen LogP contribution < -0.4 is 22.7 Å². The number of aromatic nitrogens is 3. The first kappa shape index (κ1) is 17.1. The van der Waals surface area contributed by atoms with Gasteiger partial charge in [-0.05, 0) is 6.92 Å². The summed E-state index contributed by atoms with van der Waals surface area (Å²) in [5.41, 5.74) is 7.78. The fraction of sp³-hybridized carbons (Fsp3) is 0.417. The Kier molecular flexibility index (Phi) is 6.13. The van der Waals surface area contributed by atoms with Crippen molar-refractivity contribution in [3.05, 3.63) is 32.6 Å². The minimum absolute atomic E-state index is 0. The first-order valence-electron chi connectivity index (χ1n) is 5.89. The summed E-state index contributed by atoms with van der Waals surface area (Å²) in [6.07, 6.45) is 2.34. The molecule has 0 unspecified atom stereocenters. The van der Waals surface area contributed by atoms with Crippen LogP contribution in [0.5, 0.6) is 0 Å².